The van der Waals surface area contributed by atoms with Crippen LogP contribution in [0.25, 0.3) is 11.0 Å². The summed E-state index contributed by atoms with van der Waals surface area (Å²) in [5.74, 6) is -0.914. The van der Waals surface area contributed by atoms with Crippen LogP contribution in [0, 0.1) is 23.2 Å². The number of alkyl halides is 3. The molecule has 0 saturated heterocycles. The zero-order valence-electron chi connectivity index (χ0n) is 18.0. The van der Waals surface area contributed by atoms with E-state index in [0.29, 0.717) is 35.1 Å². The molecular weight excluding hydrogens is 447 g/mol. The molecule has 2 heterocycles. The van der Waals surface area contributed by atoms with Gasteiger partial charge >= 0.3 is 12.1 Å². The van der Waals surface area contributed by atoms with Crippen molar-refractivity contribution in [2.45, 2.75) is 38.0 Å². The molecule has 1 amide bonds. The monoisotopic (exact) mass is 469 g/mol. The first kappa shape index (κ1) is 21.2. The molecule has 2 bridgehead atoms. The average molecular weight is 469 g/mol. The third-order valence-electron chi connectivity index (χ3n) is 8.18. The van der Waals surface area contributed by atoms with Crippen LogP contribution in [0.5, 0.6) is 0 Å². The molecule has 4 saturated carbocycles. The van der Waals surface area contributed by atoms with E-state index in [0.717, 1.165) is 25.0 Å². The molecule has 3 unspecified atom stereocenters. The molecule has 6 nitrogen and oxygen atoms in total. The lowest BCUT2D eigenvalue weighted by molar-refractivity contribution is -0.145. The first-order valence-electron chi connectivity index (χ1n) is 11.3. The molecular formula is C25H22F3N3O3. The number of halogens is 3. The van der Waals surface area contributed by atoms with Crippen molar-refractivity contribution in [2.75, 3.05) is 0 Å². The SMILES string of the molecule is O=C(NC1CC23C[C@@H](C(=O)O)[C@@H](C2)C13)c1ccnc2ccn(Cc3ccc(C(F)(F)F)cc3)c12. The maximum atomic E-state index is 13.2. The Balaban J connectivity index is 1.22. The highest BCUT2D eigenvalue weighted by atomic mass is 19.4. The Kier molecular flexibility index (Phi) is 4.41. The van der Waals surface area contributed by atoms with Gasteiger partial charge in [0, 0.05) is 25.0 Å². The van der Waals surface area contributed by atoms with E-state index in [-0.39, 0.29) is 35.1 Å². The Bertz CT molecular complexity index is 1320. The number of nitrogens with zero attached hydrogens (tertiary/aromatic N) is 2. The number of hydrogen-bond acceptors (Lipinski definition) is 3. The standard InChI is InChI=1S/C25H22F3N3O3/c26-25(27,28)14-3-1-13(2-4-14)12-31-8-6-18-21(31)15(5-7-29-18)22(32)30-19-11-24-9-16(20(19)24)17(10-24)23(33)34/h1-8,16-17,19-20H,9-12H2,(H,30,32)(H,33,34)/t16-,17-,19?,20?,24?/m1/s1. The highest BCUT2D eigenvalue weighted by Crippen LogP contribution is 2.75. The molecule has 5 atom stereocenters. The normalized spacial score (nSPS) is 29.3. The number of rotatable bonds is 5. The summed E-state index contributed by atoms with van der Waals surface area (Å²) in [6.07, 6.45) is 1.41. The minimum atomic E-state index is -4.39. The first-order chi connectivity index (χ1) is 16.2. The molecule has 1 spiro atoms. The largest absolute Gasteiger partial charge is 0.481 e. The fraction of sp³-hybridized carbons (Fsp3) is 0.400. The van der Waals surface area contributed by atoms with Gasteiger partial charge in [-0.2, -0.15) is 13.2 Å². The molecule has 4 fully saturated rings. The molecule has 4 aliphatic carbocycles. The highest BCUT2D eigenvalue weighted by Gasteiger charge is 2.73. The van der Waals surface area contributed by atoms with Gasteiger partial charge in [-0.05, 0) is 66.3 Å². The van der Waals surface area contributed by atoms with E-state index in [1.165, 1.54) is 12.1 Å². The van der Waals surface area contributed by atoms with Crippen molar-refractivity contribution >= 4 is 22.9 Å². The maximum Gasteiger partial charge on any atom is 0.416 e. The van der Waals surface area contributed by atoms with Crippen molar-refractivity contribution < 1.29 is 27.9 Å². The van der Waals surface area contributed by atoms with Gasteiger partial charge in [0.05, 0.1) is 28.1 Å². The van der Waals surface area contributed by atoms with Gasteiger partial charge < -0.3 is 15.0 Å². The van der Waals surface area contributed by atoms with Crippen molar-refractivity contribution in [2.24, 2.45) is 23.2 Å². The Morgan fingerprint density at radius 2 is 1.88 bits per heavy atom. The molecule has 1 aromatic carbocycles. The molecule has 3 aromatic rings. The Morgan fingerprint density at radius 1 is 1.12 bits per heavy atom. The van der Waals surface area contributed by atoms with Crippen LogP contribution in [-0.4, -0.2) is 32.6 Å². The lowest BCUT2D eigenvalue weighted by Crippen LogP contribution is -2.65. The summed E-state index contributed by atoms with van der Waals surface area (Å²) < 4.78 is 40.4. The quantitative estimate of drug-likeness (QED) is 0.583. The van der Waals surface area contributed by atoms with E-state index in [2.05, 4.69) is 10.3 Å². The summed E-state index contributed by atoms with van der Waals surface area (Å²) in [5, 5.41) is 12.6. The number of fused-ring (bicyclic) bond motifs is 2. The van der Waals surface area contributed by atoms with Gasteiger partial charge in [-0.3, -0.25) is 14.6 Å². The van der Waals surface area contributed by atoms with Crippen molar-refractivity contribution in [3.8, 4) is 0 Å². The summed E-state index contributed by atoms with van der Waals surface area (Å²) in [5.41, 5.74) is 1.75. The lowest BCUT2D eigenvalue weighted by atomic mass is 9.45. The predicted octanol–water partition coefficient (Wildman–Crippen LogP) is 4.33. The van der Waals surface area contributed by atoms with Gasteiger partial charge in [0.1, 0.15) is 0 Å². The number of carboxylic acid groups (broad SMARTS) is 1. The summed E-state index contributed by atoms with van der Waals surface area (Å²) >= 11 is 0. The smallest absolute Gasteiger partial charge is 0.416 e. The predicted molar refractivity (Wildman–Crippen MR) is 116 cm³/mol. The maximum absolute atomic E-state index is 13.2. The Hall–Kier alpha value is -3.36. The fourth-order valence-corrected chi connectivity index (χ4v) is 6.76. The first-order valence-corrected chi connectivity index (χ1v) is 11.3. The molecule has 2 aromatic heterocycles. The Morgan fingerprint density at radius 3 is 2.59 bits per heavy atom. The van der Waals surface area contributed by atoms with Crippen molar-refractivity contribution in [3.05, 3.63) is 65.5 Å². The summed E-state index contributed by atoms with van der Waals surface area (Å²) in [4.78, 5) is 29.1. The van der Waals surface area contributed by atoms with Gasteiger partial charge in [-0.25, -0.2) is 0 Å². The summed E-state index contributed by atoms with van der Waals surface area (Å²) in [7, 11) is 0. The van der Waals surface area contributed by atoms with Crippen molar-refractivity contribution in [3.63, 3.8) is 0 Å². The van der Waals surface area contributed by atoms with Gasteiger partial charge in [-0.1, -0.05) is 12.1 Å². The second-order valence-electron chi connectivity index (χ2n) is 9.92. The molecule has 34 heavy (non-hydrogen) atoms. The van der Waals surface area contributed by atoms with Crippen molar-refractivity contribution in [1.29, 1.82) is 0 Å². The van der Waals surface area contributed by atoms with Crippen LogP contribution in [0.3, 0.4) is 0 Å². The van der Waals surface area contributed by atoms with Gasteiger partial charge in [0.25, 0.3) is 5.91 Å². The molecule has 7 rings (SSSR count). The number of pyridine rings is 1. The molecule has 4 aliphatic rings. The molecule has 9 heteroatoms. The number of aromatic nitrogens is 2. The van der Waals surface area contributed by atoms with E-state index >= 15 is 0 Å². The topological polar surface area (TPSA) is 84.2 Å². The van der Waals surface area contributed by atoms with E-state index in [4.69, 9.17) is 0 Å². The minimum absolute atomic E-state index is 0.0304. The van der Waals surface area contributed by atoms with Crippen LogP contribution in [0.15, 0.2) is 48.8 Å². The number of carbonyl (C=O) groups excluding carboxylic acids is 1. The number of benzene rings is 1. The van der Waals surface area contributed by atoms with E-state index in [1.54, 1.807) is 24.5 Å². The van der Waals surface area contributed by atoms with Crippen LogP contribution >= 0.6 is 0 Å². The average Bonchev–Trinajstić information content (AvgIpc) is 3.43. The minimum Gasteiger partial charge on any atom is -0.481 e. The van der Waals surface area contributed by atoms with Crippen LogP contribution in [0.1, 0.15) is 40.7 Å². The van der Waals surface area contributed by atoms with Crippen LogP contribution in [0.2, 0.25) is 0 Å². The second-order valence-corrected chi connectivity index (χ2v) is 9.92. The number of amides is 1. The third kappa shape index (κ3) is 3.05. The summed E-state index contributed by atoms with van der Waals surface area (Å²) in [6, 6.07) is 8.36. The van der Waals surface area contributed by atoms with Crippen LogP contribution < -0.4 is 5.32 Å². The van der Waals surface area contributed by atoms with E-state index in [1.807, 2.05) is 4.57 Å². The van der Waals surface area contributed by atoms with Crippen LogP contribution in [0.4, 0.5) is 13.2 Å². The van der Waals surface area contributed by atoms with Gasteiger partial charge in [-0.15, -0.1) is 0 Å². The summed E-state index contributed by atoms with van der Waals surface area (Å²) in [6.45, 7) is 0.297. The Labute approximate surface area is 192 Å². The number of hydrogen-bond donors (Lipinski definition) is 2. The molecule has 2 N–H and O–H groups in total. The van der Waals surface area contributed by atoms with E-state index < -0.39 is 17.7 Å². The molecule has 0 aliphatic heterocycles. The number of carboxylic acids is 1. The zero-order chi connectivity index (χ0) is 23.8. The zero-order valence-corrected chi connectivity index (χ0v) is 18.0. The molecule has 176 valence electrons. The third-order valence-corrected chi connectivity index (χ3v) is 8.18. The highest BCUT2D eigenvalue weighted by molar-refractivity contribution is 6.05. The lowest BCUT2D eigenvalue weighted by Gasteiger charge is -2.62. The second kappa shape index (κ2) is 7.07. The fourth-order valence-electron chi connectivity index (χ4n) is 6.76. The number of carbonyl (C=O) groups is 2. The van der Waals surface area contributed by atoms with E-state index in [9.17, 15) is 27.9 Å². The van der Waals surface area contributed by atoms with Crippen LogP contribution in [-0.2, 0) is 17.5 Å². The van der Waals surface area contributed by atoms with Gasteiger partial charge in [0.2, 0.25) is 0 Å². The van der Waals surface area contributed by atoms with Crippen molar-refractivity contribution in [1.82, 2.24) is 14.9 Å². The number of aliphatic carboxylic acids is 1. The number of nitrogens with one attached hydrogen (secondary N) is 1. The van der Waals surface area contributed by atoms with Gasteiger partial charge in [0.15, 0.2) is 0 Å². The molecule has 0 radical (unpaired) electrons.